The van der Waals surface area contributed by atoms with E-state index in [-0.39, 0.29) is 24.5 Å². The number of carbonyl (C=O) groups excluding carboxylic acids is 1. The highest BCUT2D eigenvalue weighted by Crippen LogP contribution is 2.24. The van der Waals surface area contributed by atoms with E-state index in [0.717, 1.165) is 17.1 Å². The standard InChI is InChI=1S/C18H19N5O3/c1-11-7-8-15(25-11)13-9-14(21-20-13)17(24)19-10-16-22-23-18(26-16)12-5-3-2-4-6-12/h2-8,13-14,20-21H,9-10H2,1H3,(H,19,24). The minimum Gasteiger partial charge on any atom is -0.465 e. The summed E-state index contributed by atoms with van der Waals surface area (Å²) in [6.45, 7) is 2.07. The monoisotopic (exact) mass is 353 g/mol. The van der Waals surface area contributed by atoms with Gasteiger partial charge < -0.3 is 14.2 Å². The Morgan fingerprint density at radius 2 is 2.00 bits per heavy atom. The molecule has 0 aliphatic carbocycles. The van der Waals surface area contributed by atoms with Gasteiger partial charge in [-0.3, -0.25) is 4.79 Å². The molecule has 8 nitrogen and oxygen atoms in total. The van der Waals surface area contributed by atoms with Gasteiger partial charge in [-0.1, -0.05) is 18.2 Å². The van der Waals surface area contributed by atoms with E-state index in [1.807, 2.05) is 49.4 Å². The lowest BCUT2D eigenvalue weighted by molar-refractivity contribution is -0.123. The van der Waals surface area contributed by atoms with Crippen LogP contribution < -0.4 is 16.2 Å². The Hall–Kier alpha value is -2.97. The number of hydrogen-bond donors (Lipinski definition) is 3. The normalized spacial score (nSPS) is 19.6. The summed E-state index contributed by atoms with van der Waals surface area (Å²) in [6, 6.07) is 12.9. The molecule has 0 radical (unpaired) electrons. The zero-order chi connectivity index (χ0) is 17.9. The molecule has 0 bridgehead atoms. The third-order valence-electron chi connectivity index (χ3n) is 4.23. The second-order valence-electron chi connectivity index (χ2n) is 6.16. The maximum absolute atomic E-state index is 12.3. The third kappa shape index (κ3) is 3.51. The van der Waals surface area contributed by atoms with Crippen molar-refractivity contribution in [2.75, 3.05) is 0 Å². The van der Waals surface area contributed by atoms with Crippen molar-refractivity contribution in [1.82, 2.24) is 26.4 Å². The topological polar surface area (TPSA) is 105 Å². The molecule has 3 N–H and O–H groups in total. The molecule has 4 rings (SSSR count). The van der Waals surface area contributed by atoms with Crippen molar-refractivity contribution in [3.05, 3.63) is 59.9 Å². The first-order chi connectivity index (χ1) is 12.7. The van der Waals surface area contributed by atoms with Gasteiger partial charge >= 0.3 is 0 Å². The summed E-state index contributed by atoms with van der Waals surface area (Å²) in [5.74, 6) is 2.32. The van der Waals surface area contributed by atoms with E-state index in [1.54, 1.807) is 0 Å². The first-order valence-electron chi connectivity index (χ1n) is 8.42. The average molecular weight is 353 g/mol. The van der Waals surface area contributed by atoms with Gasteiger partial charge in [0.1, 0.15) is 17.6 Å². The highest BCUT2D eigenvalue weighted by atomic mass is 16.4. The molecular weight excluding hydrogens is 334 g/mol. The quantitative estimate of drug-likeness (QED) is 0.643. The van der Waals surface area contributed by atoms with Gasteiger partial charge in [0, 0.05) is 5.56 Å². The molecule has 2 unspecified atom stereocenters. The molecule has 1 aromatic carbocycles. The predicted octanol–water partition coefficient (Wildman–Crippen LogP) is 1.86. The van der Waals surface area contributed by atoms with E-state index < -0.39 is 0 Å². The van der Waals surface area contributed by atoms with Crippen LogP contribution in [0.5, 0.6) is 0 Å². The molecule has 2 atom stereocenters. The lowest BCUT2D eigenvalue weighted by Gasteiger charge is -2.08. The molecule has 1 saturated heterocycles. The molecule has 1 fully saturated rings. The molecule has 3 aromatic rings. The van der Waals surface area contributed by atoms with Crippen LogP contribution in [-0.2, 0) is 11.3 Å². The lowest BCUT2D eigenvalue weighted by Crippen LogP contribution is -2.42. The fourth-order valence-corrected chi connectivity index (χ4v) is 2.86. The van der Waals surface area contributed by atoms with Crippen molar-refractivity contribution in [3.63, 3.8) is 0 Å². The maximum Gasteiger partial charge on any atom is 0.247 e. The van der Waals surface area contributed by atoms with Crippen LogP contribution >= 0.6 is 0 Å². The Morgan fingerprint density at radius 1 is 1.15 bits per heavy atom. The first-order valence-corrected chi connectivity index (χ1v) is 8.42. The maximum atomic E-state index is 12.3. The van der Waals surface area contributed by atoms with E-state index in [9.17, 15) is 4.79 Å². The van der Waals surface area contributed by atoms with Crippen molar-refractivity contribution in [2.24, 2.45) is 0 Å². The number of nitrogens with zero attached hydrogens (tertiary/aromatic N) is 2. The summed E-state index contributed by atoms with van der Waals surface area (Å²) in [5.41, 5.74) is 6.92. The predicted molar refractivity (Wildman–Crippen MR) is 92.4 cm³/mol. The van der Waals surface area contributed by atoms with Crippen molar-refractivity contribution in [2.45, 2.75) is 32.0 Å². The number of amides is 1. The molecule has 1 aliphatic rings. The van der Waals surface area contributed by atoms with Gasteiger partial charge in [-0.25, -0.2) is 10.9 Å². The Balaban J connectivity index is 1.31. The summed E-state index contributed by atoms with van der Waals surface area (Å²) in [6.07, 6.45) is 0.595. The van der Waals surface area contributed by atoms with E-state index >= 15 is 0 Å². The van der Waals surface area contributed by atoms with Crippen molar-refractivity contribution < 1.29 is 13.6 Å². The Morgan fingerprint density at radius 3 is 2.77 bits per heavy atom. The molecule has 134 valence electrons. The van der Waals surface area contributed by atoms with Crippen LogP contribution in [0.3, 0.4) is 0 Å². The molecule has 1 amide bonds. The van der Waals surface area contributed by atoms with Crippen LogP contribution in [0.25, 0.3) is 11.5 Å². The molecule has 1 aliphatic heterocycles. The average Bonchev–Trinajstić information content (AvgIpc) is 3.40. The van der Waals surface area contributed by atoms with Crippen molar-refractivity contribution in [1.29, 1.82) is 0 Å². The number of benzene rings is 1. The van der Waals surface area contributed by atoms with Crippen LogP contribution in [0.1, 0.15) is 29.9 Å². The summed E-state index contributed by atoms with van der Waals surface area (Å²) in [5, 5.41) is 10.8. The SMILES string of the molecule is Cc1ccc(C2CC(C(=O)NCc3nnc(-c4ccccc4)o3)NN2)o1. The zero-order valence-electron chi connectivity index (χ0n) is 14.2. The number of aromatic nitrogens is 2. The van der Waals surface area contributed by atoms with Gasteiger partial charge in [0.25, 0.3) is 0 Å². The fraction of sp³-hybridized carbons (Fsp3) is 0.278. The van der Waals surface area contributed by atoms with Crippen LogP contribution in [-0.4, -0.2) is 22.1 Å². The van der Waals surface area contributed by atoms with Crippen LogP contribution in [0.15, 0.2) is 51.3 Å². The molecule has 8 heteroatoms. The van der Waals surface area contributed by atoms with Crippen molar-refractivity contribution >= 4 is 5.91 Å². The Bertz CT molecular complexity index is 889. The van der Waals surface area contributed by atoms with Gasteiger partial charge in [0.2, 0.25) is 17.7 Å². The highest BCUT2D eigenvalue weighted by Gasteiger charge is 2.31. The minimum absolute atomic E-state index is 0.0347. The molecular formula is C18H19N5O3. The molecule has 0 saturated carbocycles. The lowest BCUT2D eigenvalue weighted by atomic mass is 10.1. The summed E-state index contributed by atoms with van der Waals surface area (Å²) in [7, 11) is 0. The second kappa shape index (κ2) is 7.11. The van der Waals surface area contributed by atoms with Gasteiger partial charge in [-0.05, 0) is 37.6 Å². The summed E-state index contributed by atoms with van der Waals surface area (Å²) < 4.78 is 11.2. The van der Waals surface area contributed by atoms with E-state index in [1.165, 1.54) is 0 Å². The number of aryl methyl sites for hydroxylation is 1. The Labute approximate surface area is 150 Å². The van der Waals surface area contributed by atoms with Crippen LogP contribution in [0.2, 0.25) is 0 Å². The molecule has 0 spiro atoms. The van der Waals surface area contributed by atoms with Gasteiger partial charge in [-0.15, -0.1) is 10.2 Å². The number of hydrogen-bond acceptors (Lipinski definition) is 7. The van der Waals surface area contributed by atoms with Gasteiger partial charge in [-0.2, -0.15) is 0 Å². The molecule has 3 heterocycles. The van der Waals surface area contributed by atoms with E-state index in [0.29, 0.717) is 18.2 Å². The molecule has 26 heavy (non-hydrogen) atoms. The third-order valence-corrected chi connectivity index (χ3v) is 4.23. The largest absolute Gasteiger partial charge is 0.465 e. The fourth-order valence-electron chi connectivity index (χ4n) is 2.86. The summed E-state index contributed by atoms with van der Waals surface area (Å²) >= 11 is 0. The highest BCUT2D eigenvalue weighted by molar-refractivity contribution is 5.81. The minimum atomic E-state index is -0.359. The zero-order valence-corrected chi connectivity index (χ0v) is 14.2. The van der Waals surface area contributed by atoms with E-state index in [4.69, 9.17) is 8.83 Å². The Kier molecular flexibility index (Phi) is 4.51. The number of hydrazine groups is 1. The molecule has 2 aromatic heterocycles. The van der Waals surface area contributed by atoms with Gasteiger partial charge in [0.05, 0.1) is 12.6 Å². The number of carbonyl (C=O) groups is 1. The van der Waals surface area contributed by atoms with Gasteiger partial charge in [0.15, 0.2) is 0 Å². The summed E-state index contributed by atoms with van der Waals surface area (Å²) in [4.78, 5) is 12.3. The second-order valence-corrected chi connectivity index (χ2v) is 6.16. The smallest absolute Gasteiger partial charge is 0.247 e. The van der Waals surface area contributed by atoms with Crippen LogP contribution in [0, 0.1) is 6.92 Å². The number of nitrogens with one attached hydrogen (secondary N) is 3. The first kappa shape index (κ1) is 16.5. The number of rotatable bonds is 5. The van der Waals surface area contributed by atoms with Crippen LogP contribution in [0.4, 0.5) is 0 Å². The number of furan rings is 1. The van der Waals surface area contributed by atoms with E-state index in [2.05, 4.69) is 26.4 Å². The van der Waals surface area contributed by atoms with Crippen molar-refractivity contribution in [3.8, 4) is 11.5 Å².